The van der Waals surface area contributed by atoms with Gasteiger partial charge in [0.1, 0.15) is 17.3 Å². The van der Waals surface area contributed by atoms with E-state index < -0.39 is 11.2 Å². The Morgan fingerprint density at radius 3 is 2.78 bits per heavy atom. The standard InChI is InChI=1S/C38H56N4O6S2/c1-5-20(2)36(45)48-37(3)11-10-22-19-49-50-30-8-7-27(40-4)26-18-42(35(26)30)32(43)13-24-17-41-31(39)14-25(24)34(22)38(37)16-23-12-21-6-9-33(44)46-28(21)15-29(23)47-38/h5,10,21,23-31,34-35,40-41H,6-9,11-19,39H2,1-4H3/t21?,23?,24?,25?,26-,27-,28?,29?,30-,31?,34-,35-,37-,38-/m0/s1. The first-order valence-corrected chi connectivity index (χ1v) is 21.6. The van der Waals surface area contributed by atoms with Crippen molar-refractivity contribution in [1.82, 2.24) is 15.5 Å². The van der Waals surface area contributed by atoms with Crippen LogP contribution in [0.15, 0.2) is 23.3 Å². The van der Waals surface area contributed by atoms with E-state index in [1.807, 2.05) is 41.5 Å². The van der Waals surface area contributed by atoms with E-state index in [9.17, 15) is 14.4 Å². The number of esters is 2. The smallest absolute Gasteiger partial charge is 0.334 e. The molecule has 0 aromatic carbocycles. The first-order valence-electron chi connectivity index (χ1n) is 19.2. The number of hydrogen-bond donors (Lipinski definition) is 3. The topological polar surface area (TPSA) is 132 Å². The van der Waals surface area contributed by atoms with E-state index in [1.165, 1.54) is 5.57 Å². The number of nitrogens with two attached hydrogens (primary N) is 1. The van der Waals surface area contributed by atoms with Crippen LogP contribution in [-0.4, -0.2) is 95.5 Å². The van der Waals surface area contributed by atoms with E-state index in [0.717, 1.165) is 50.8 Å². The predicted molar refractivity (Wildman–Crippen MR) is 195 cm³/mol. The molecular formula is C38H56N4O6S2. The summed E-state index contributed by atoms with van der Waals surface area (Å²) in [7, 11) is 5.97. The minimum absolute atomic E-state index is 0.0657. The van der Waals surface area contributed by atoms with Crippen LogP contribution in [-0.2, 0) is 28.6 Å². The van der Waals surface area contributed by atoms with Crippen LogP contribution in [0.2, 0.25) is 0 Å². The Bertz CT molecular complexity index is 1440. The maximum absolute atomic E-state index is 14.4. The van der Waals surface area contributed by atoms with Gasteiger partial charge in [0.15, 0.2) is 0 Å². The van der Waals surface area contributed by atoms with Crippen molar-refractivity contribution in [3.8, 4) is 0 Å². The van der Waals surface area contributed by atoms with Crippen molar-refractivity contribution in [2.24, 2.45) is 41.2 Å². The van der Waals surface area contributed by atoms with Crippen LogP contribution in [0.5, 0.6) is 0 Å². The molecule has 12 heteroatoms. The molecule has 7 unspecified atom stereocenters. The summed E-state index contributed by atoms with van der Waals surface area (Å²) in [6.07, 6.45) is 11.5. The van der Waals surface area contributed by atoms with E-state index in [4.69, 9.17) is 19.9 Å². The molecule has 5 heterocycles. The molecule has 1 amide bonds. The van der Waals surface area contributed by atoms with Crippen molar-refractivity contribution < 1.29 is 28.6 Å². The maximum Gasteiger partial charge on any atom is 0.334 e. The Morgan fingerprint density at radius 2 is 1.98 bits per heavy atom. The zero-order valence-electron chi connectivity index (χ0n) is 30.1. The van der Waals surface area contributed by atoms with Crippen LogP contribution in [0.3, 0.4) is 0 Å². The summed E-state index contributed by atoms with van der Waals surface area (Å²) in [5.41, 5.74) is 6.94. The Labute approximate surface area is 304 Å². The molecule has 4 N–H and O–H groups in total. The van der Waals surface area contributed by atoms with Gasteiger partial charge in [-0.1, -0.05) is 39.3 Å². The van der Waals surface area contributed by atoms with Crippen molar-refractivity contribution in [2.75, 3.05) is 25.9 Å². The zero-order valence-corrected chi connectivity index (χ0v) is 31.7. The van der Waals surface area contributed by atoms with Crippen molar-refractivity contribution in [3.05, 3.63) is 23.3 Å². The van der Waals surface area contributed by atoms with Crippen molar-refractivity contribution in [2.45, 2.75) is 132 Å². The van der Waals surface area contributed by atoms with E-state index in [2.05, 4.69) is 35.6 Å². The Morgan fingerprint density at radius 1 is 1.14 bits per heavy atom. The Hall–Kier alpha value is -1.57. The molecule has 0 aromatic heterocycles. The number of nitrogens with zero attached hydrogens (tertiary/aromatic N) is 1. The highest BCUT2D eigenvalue weighted by Crippen LogP contribution is 2.62. The summed E-state index contributed by atoms with van der Waals surface area (Å²) in [6, 6.07) is 0.745. The molecule has 10 nitrogen and oxygen atoms in total. The van der Waals surface area contributed by atoms with Gasteiger partial charge in [-0.3, -0.25) is 9.59 Å². The SMILES string of the molecule is CC=C(C)C(=O)O[C@@]1(C)CC=C2CSS[C@H]3CC[C@H](NC)[C@@H]4CN(C(=O)CC5CNC(N)CC5[C@H]2[C@@]12CC1CC5CCC(=O)OC5CC1O2)[C@@H]43. The molecule has 2 saturated carbocycles. The lowest BCUT2D eigenvalue weighted by Crippen LogP contribution is -2.70. The maximum atomic E-state index is 14.4. The van der Waals surface area contributed by atoms with Crippen molar-refractivity contribution >= 4 is 39.4 Å². The second-order valence-corrected chi connectivity index (χ2v) is 19.4. The fourth-order valence-electron chi connectivity index (χ4n) is 11.5. The second-order valence-electron chi connectivity index (χ2n) is 16.8. The first-order chi connectivity index (χ1) is 24.0. The van der Waals surface area contributed by atoms with Crippen LogP contribution in [0.25, 0.3) is 0 Å². The number of fused-ring (bicyclic) bond motifs is 6. The van der Waals surface area contributed by atoms with Gasteiger partial charge in [-0.15, -0.1) is 0 Å². The number of rotatable bonds is 3. The van der Waals surface area contributed by atoms with Crippen LogP contribution in [0.4, 0.5) is 0 Å². The molecule has 0 aromatic rings. The summed E-state index contributed by atoms with van der Waals surface area (Å²) in [5, 5.41) is 7.49. The fourth-order valence-corrected chi connectivity index (χ4v) is 14.6. The van der Waals surface area contributed by atoms with Crippen LogP contribution in [0.1, 0.15) is 85.0 Å². The third-order valence-corrected chi connectivity index (χ3v) is 17.1. The molecule has 0 bridgehead atoms. The highest BCUT2D eigenvalue weighted by molar-refractivity contribution is 8.77. The van der Waals surface area contributed by atoms with Gasteiger partial charge in [-0.05, 0) is 90.0 Å². The number of allylic oxidation sites excluding steroid dienone is 1. The normalized spacial score (nSPS) is 47.5. The van der Waals surface area contributed by atoms with Crippen LogP contribution >= 0.6 is 21.6 Å². The van der Waals surface area contributed by atoms with Gasteiger partial charge in [0.2, 0.25) is 5.91 Å². The second kappa shape index (κ2) is 13.7. The minimum Gasteiger partial charge on any atom is -0.462 e. The van der Waals surface area contributed by atoms with Gasteiger partial charge >= 0.3 is 11.9 Å². The van der Waals surface area contributed by atoms with Crippen molar-refractivity contribution in [1.29, 1.82) is 0 Å². The third kappa shape index (κ3) is 5.90. The van der Waals surface area contributed by atoms with Crippen molar-refractivity contribution in [3.63, 3.8) is 0 Å². The summed E-state index contributed by atoms with van der Waals surface area (Å²) in [4.78, 5) is 42.6. The Balaban J connectivity index is 1.19. The Kier molecular flexibility index (Phi) is 9.71. The summed E-state index contributed by atoms with van der Waals surface area (Å²) in [6.45, 7) is 7.27. The van der Waals surface area contributed by atoms with Gasteiger partial charge in [0, 0.05) is 73.2 Å². The van der Waals surface area contributed by atoms with Gasteiger partial charge < -0.3 is 35.5 Å². The first kappa shape index (κ1) is 35.5. The molecule has 7 fully saturated rings. The van der Waals surface area contributed by atoms with Crippen LogP contribution < -0.4 is 16.4 Å². The molecule has 50 heavy (non-hydrogen) atoms. The fraction of sp³-hybridized carbons (Fsp3) is 0.816. The van der Waals surface area contributed by atoms with Gasteiger partial charge in [0.05, 0.1) is 18.3 Å². The lowest BCUT2D eigenvalue weighted by Gasteiger charge is -2.59. The molecule has 276 valence electrons. The summed E-state index contributed by atoms with van der Waals surface area (Å²) < 4.78 is 20.1. The lowest BCUT2D eigenvalue weighted by atomic mass is 9.56. The quantitative estimate of drug-likeness (QED) is 0.166. The van der Waals surface area contributed by atoms with Gasteiger partial charge in [-0.2, -0.15) is 0 Å². The average Bonchev–Trinajstić information content (AvgIpc) is 3.45. The number of carbonyl (C=O) groups excluding carboxylic acids is 3. The van der Waals surface area contributed by atoms with Gasteiger partial charge in [-0.25, -0.2) is 4.79 Å². The number of amides is 1. The highest BCUT2D eigenvalue weighted by atomic mass is 33.1. The summed E-state index contributed by atoms with van der Waals surface area (Å²) in [5.74, 6) is 1.86. The zero-order chi connectivity index (χ0) is 34.9. The number of carbonyl (C=O) groups is 3. The molecule has 5 aliphatic heterocycles. The van der Waals surface area contributed by atoms with E-state index >= 15 is 0 Å². The van der Waals surface area contributed by atoms with Crippen LogP contribution in [0, 0.1) is 35.5 Å². The third-order valence-electron chi connectivity index (χ3n) is 14.3. The molecular weight excluding hydrogens is 673 g/mol. The molecule has 1 spiro atoms. The molecule has 14 atom stereocenters. The number of piperidine rings is 1. The number of hydrogen-bond acceptors (Lipinski definition) is 11. The number of ether oxygens (including phenoxy) is 3. The monoisotopic (exact) mass is 728 g/mol. The van der Waals surface area contributed by atoms with E-state index in [1.54, 1.807) is 0 Å². The molecule has 8 rings (SSSR count). The lowest BCUT2D eigenvalue weighted by molar-refractivity contribution is -0.229. The predicted octanol–water partition coefficient (Wildman–Crippen LogP) is 4.33. The highest BCUT2D eigenvalue weighted by Gasteiger charge is 2.68. The van der Waals surface area contributed by atoms with E-state index in [0.29, 0.717) is 60.9 Å². The van der Waals surface area contributed by atoms with E-state index in [-0.39, 0.29) is 65.9 Å². The summed E-state index contributed by atoms with van der Waals surface area (Å²) >= 11 is 0. The average molecular weight is 729 g/mol. The minimum atomic E-state index is -0.929. The molecule has 5 saturated heterocycles. The molecule has 0 radical (unpaired) electrons. The molecule has 8 aliphatic rings. The largest absolute Gasteiger partial charge is 0.462 e. The number of nitrogens with one attached hydrogen (secondary N) is 2. The molecule has 3 aliphatic carbocycles. The van der Waals surface area contributed by atoms with Gasteiger partial charge in [0.25, 0.3) is 0 Å².